The highest BCUT2D eigenvalue weighted by Crippen LogP contribution is 3.05. The number of hydrogen-bond donors (Lipinski definition) is 1. The van der Waals surface area contributed by atoms with Crippen LogP contribution in [0.25, 0.3) is 0 Å². The number of hydrogen-bond acceptors (Lipinski definition) is 3. The van der Waals surface area contributed by atoms with Crippen LogP contribution in [-0.2, 0) is 9.84 Å². The van der Waals surface area contributed by atoms with Gasteiger partial charge in [-0.05, 0) is 24.3 Å². The second-order valence-electron chi connectivity index (χ2n) is 5.17. The first kappa shape index (κ1) is 19.6. The second-order valence-corrected chi connectivity index (χ2v) is 11.3. The number of rotatable bonds is 4. The summed E-state index contributed by atoms with van der Waals surface area (Å²) in [4.78, 5) is -3.29. The van der Waals surface area contributed by atoms with Crippen LogP contribution in [0.4, 0.5) is 24.8 Å². The predicted octanol–water partition coefficient (Wildman–Crippen LogP) is 4.84. The molecule has 1 N–H and O–H groups in total. The Balaban J connectivity index is 3.00. The van der Waals surface area contributed by atoms with Crippen LogP contribution in [0.5, 0.6) is 0 Å². The Morgan fingerprint density at radius 3 is 1.40 bits per heavy atom. The molecule has 0 radical (unpaired) electrons. The third-order valence-electron chi connectivity index (χ3n) is 3.55. The van der Waals surface area contributed by atoms with Gasteiger partial charge in [0.05, 0.1) is 9.79 Å². The fourth-order valence-electron chi connectivity index (χ4n) is 2.20. The Labute approximate surface area is 139 Å². The van der Waals surface area contributed by atoms with Gasteiger partial charge in [-0.2, -0.15) is 13.2 Å². The predicted molar refractivity (Wildman–Crippen MR) is 81.3 cm³/mol. The molecular weight excluding hydrogens is 394 g/mol. The van der Waals surface area contributed by atoms with Gasteiger partial charge in [0.25, 0.3) is 14.6 Å². The first-order valence-corrected chi connectivity index (χ1v) is 10.3. The molecule has 11 heteroatoms. The van der Waals surface area contributed by atoms with E-state index in [4.69, 9.17) is 0 Å². The summed E-state index contributed by atoms with van der Waals surface area (Å²) in [6.07, 6.45) is 0. The van der Waals surface area contributed by atoms with E-state index in [-0.39, 0.29) is 0 Å². The Bertz CT molecular complexity index is 841. The summed E-state index contributed by atoms with van der Waals surface area (Å²) in [7, 11) is -16.0. The van der Waals surface area contributed by atoms with Gasteiger partial charge in [0, 0.05) is 0 Å². The lowest BCUT2D eigenvalue weighted by Gasteiger charge is -2.59. The molecule has 1 unspecified atom stereocenters. The van der Waals surface area contributed by atoms with Crippen LogP contribution in [-0.4, -0.2) is 23.8 Å². The van der Waals surface area contributed by atoms with Gasteiger partial charge in [0.2, 0.25) is 0 Å². The van der Waals surface area contributed by atoms with Gasteiger partial charge in [-0.25, -0.2) is 8.42 Å². The highest BCUT2D eigenvalue weighted by molar-refractivity contribution is 8.57. The monoisotopic (exact) mass is 406 g/mol. The van der Waals surface area contributed by atoms with E-state index in [9.17, 15) is 26.7 Å². The molecule has 0 aliphatic rings. The van der Waals surface area contributed by atoms with E-state index in [1.165, 1.54) is 12.1 Å². The molecule has 25 heavy (non-hydrogen) atoms. The van der Waals surface area contributed by atoms with Crippen molar-refractivity contribution in [2.24, 2.45) is 0 Å². The minimum Gasteiger partial charge on any atom is -0.365 e. The van der Waals surface area contributed by atoms with E-state index in [1.807, 2.05) is 0 Å². The zero-order valence-electron chi connectivity index (χ0n) is 12.2. The van der Waals surface area contributed by atoms with Crippen molar-refractivity contribution in [2.45, 2.75) is 20.1 Å². The molecule has 0 amide bonds. The first-order chi connectivity index (χ1) is 11.2. The van der Waals surface area contributed by atoms with Crippen LogP contribution in [0.1, 0.15) is 0 Å². The lowest BCUT2D eigenvalue weighted by atomic mass is 10.4. The molecule has 0 aliphatic heterocycles. The van der Waals surface area contributed by atoms with E-state index in [1.54, 1.807) is 0 Å². The van der Waals surface area contributed by atoms with Gasteiger partial charge in [-0.1, -0.05) is 36.4 Å². The van der Waals surface area contributed by atoms with Gasteiger partial charge >= 0.3 is 5.51 Å². The SMILES string of the molecule is O=S(=O)(C(O)S(F)(F)(F)(c1ccccc1)c1ccccc1)C(F)(F)F. The molecule has 0 heterocycles. The van der Waals surface area contributed by atoms with E-state index in [0.717, 1.165) is 24.3 Å². The average Bonchev–Trinajstić information content (AvgIpc) is 2.55. The van der Waals surface area contributed by atoms with E-state index < -0.39 is 39.4 Å². The van der Waals surface area contributed by atoms with Gasteiger partial charge in [-0.3, -0.25) is 0 Å². The zero-order valence-corrected chi connectivity index (χ0v) is 13.8. The fraction of sp³-hybridized carbons (Fsp3) is 0.143. The largest absolute Gasteiger partial charge is 0.501 e. The van der Waals surface area contributed by atoms with Gasteiger partial charge in [0.15, 0.2) is 0 Å². The maximum Gasteiger partial charge on any atom is 0.501 e. The Kier molecular flexibility index (Phi) is 4.03. The summed E-state index contributed by atoms with van der Waals surface area (Å²) in [6, 6.07) is 7.66. The molecule has 0 saturated carbocycles. The van der Waals surface area contributed by atoms with Crippen LogP contribution < -0.4 is 0 Å². The Morgan fingerprint density at radius 2 is 1.12 bits per heavy atom. The summed E-state index contributed by atoms with van der Waals surface area (Å²) in [5.74, 6) is 0. The summed E-state index contributed by atoms with van der Waals surface area (Å²) in [5.41, 5.74) is -6.28. The van der Waals surface area contributed by atoms with Crippen molar-refractivity contribution in [3.63, 3.8) is 0 Å². The molecule has 140 valence electrons. The van der Waals surface area contributed by atoms with Crippen LogP contribution >= 0.6 is 9.45 Å². The third-order valence-corrected chi connectivity index (χ3v) is 10.2. The Hall–Kier alpha value is -1.72. The van der Waals surface area contributed by atoms with Crippen molar-refractivity contribution in [3.8, 4) is 0 Å². The van der Waals surface area contributed by atoms with Crippen molar-refractivity contribution in [2.75, 3.05) is 0 Å². The second kappa shape index (κ2) is 5.15. The minimum atomic E-state index is -9.07. The molecule has 0 fully saturated rings. The van der Waals surface area contributed by atoms with Crippen molar-refractivity contribution in [1.29, 1.82) is 0 Å². The average molecular weight is 406 g/mol. The smallest absolute Gasteiger partial charge is 0.365 e. The third kappa shape index (κ3) is 2.61. The van der Waals surface area contributed by atoms with Crippen LogP contribution in [0, 0.1) is 0 Å². The first-order valence-electron chi connectivity index (χ1n) is 6.53. The lowest BCUT2D eigenvalue weighted by molar-refractivity contribution is -0.0463. The molecule has 0 spiro atoms. The van der Waals surface area contributed by atoms with Crippen LogP contribution in [0.3, 0.4) is 0 Å². The molecule has 2 aromatic carbocycles. The molecule has 2 rings (SSSR count). The molecule has 1 atom stereocenters. The number of benzene rings is 2. The summed E-state index contributed by atoms with van der Waals surface area (Å²) >= 11 is 0. The van der Waals surface area contributed by atoms with E-state index >= 15 is 11.7 Å². The summed E-state index contributed by atoms with van der Waals surface area (Å²) in [5, 5.41) is 9.68. The van der Waals surface area contributed by atoms with Gasteiger partial charge < -0.3 is 5.11 Å². The standard InChI is InChI=1S/C14H12F6O3S2/c15-14(16,17)24(22,23)13(21)25(18,19,20,11-7-3-1-4-8-11)12-9-5-2-6-10-12/h1-10,13,21H. The van der Waals surface area contributed by atoms with Gasteiger partial charge in [0.1, 0.15) is 9.45 Å². The molecule has 0 saturated heterocycles. The van der Waals surface area contributed by atoms with Gasteiger partial charge in [-0.15, -0.1) is 11.7 Å². The van der Waals surface area contributed by atoms with Crippen molar-refractivity contribution in [3.05, 3.63) is 60.7 Å². The number of halogens is 6. The minimum absolute atomic E-state index is 0.434. The molecular formula is C14H12F6O3S2. The molecule has 0 aliphatic carbocycles. The van der Waals surface area contributed by atoms with Crippen molar-refractivity contribution >= 4 is 19.3 Å². The lowest BCUT2D eigenvalue weighted by Crippen LogP contribution is -2.45. The van der Waals surface area contributed by atoms with E-state index in [0.29, 0.717) is 24.3 Å². The summed E-state index contributed by atoms with van der Waals surface area (Å²) in [6.45, 7) is 0. The Morgan fingerprint density at radius 1 is 0.800 bits per heavy atom. The maximum absolute atomic E-state index is 15.7. The summed E-state index contributed by atoms with van der Waals surface area (Å²) < 4.78 is 104. The molecule has 3 nitrogen and oxygen atoms in total. The number of aliphatic hydroxyl groups excluding tert-OH is 1. The molecule has 2 aromatic rings. The quantitative estimate of drug-likeness (QED) is 0.739. The fourth-order valence-corrected chi connectivity index (χ4v) is 7.84. The van der Waals surface area contributed by atoms with E-state index in [2.05, 4.69) is 0 Å². The number of alkyl halides is 3. The molecule has 0 bridgehead atoms. The normalized spacial score (nSPS) is 17.4. The maximum atomic E-state index is 15.7. The van der Waals surface area contributed by atoms with Crippen LogP contribution in [0.2, 0.25) is 0 Å². The number of sulfone groups is 1. The van der Waals surface area contributed by atoms with Crippen LogP contribution in [0.15, 0.2) is 70.5 Å². The van der Waals surface area contributed by atoms with Crippen molar-refractivity contribution in [1.82, 2.24) is 0 Å². The highest BCUT2D eigenvalue weighted by Gasteiger charge is 2.78. The highest BCUT2D eigenvalue weighted by atomic mass is 32.4. The zero-order chi connectivity index (χ0) is 19.2. The molecule has 0 aromatic heterocycles. The number of aliphatic hydroxyl groups is 1. The van der Waals surface area contributed by atoms with Crippen molar-refractivity contribution < 1.29 is 38.4 Å². The topological polar surface area (TPSA) is 54.4 Å².